The first-order valence-corrected chi connectivity index (χ1v) is 10.5. The number of fused-ring (bicyclic) bond motifs is 4. The maximum absolute atomic E-state index is 6.44. The van der Waals surface area contributed by atoms with Crippen molar-refractivity contribution in [2.45, 2.75) is 18.7 Å². The van der Waals surface area contributed by atoms with Gasteiger partial charge in [0.2, 0.25) is 6.23 Å². The second kappa shape index (κ2) is 7.17. The average Bonchev–Trinajstić information content (AvgIpc) is 3.29. The van der Waals surface area contributed by atoms with Crippen LogP contribution in [0, 0.1) is 0 Å². The third-order valence-corrected chi connectivity index (χ3v) is 6.18. The standard InChI is InChI=1S/C27H22N2O2/c1-30-22-14-12-19(13-15-22)27-29-25(23-8-4-5-9-26(23)31-27)17-24(28-29)21-11-10-18-6-2-3-7-20(18)16-21/h2-16,25,27H,17H2,1H3/t25-,27+/m0/s1. The molecule has 2 atom stereocenters. The number of methoxy groups -OCH3 is 1. The van der Waals surface area contributed by atoms with Gasteiger partial charge in [0.05, 0.1) is 18.9 Å². The SMILES string of the molecule is COc1ccc([C@H]2Oc3ccccc3[C@@H]3CC(c4ccc5ccccc5c4)=NN23)cc1. The Hall–Kier alpha value is -3.79. The quantitative estimate of drug-likeness (QED) is 0.413. The van der Waals surface area contributed by atoms with Crippen molar-refractivity contribution in [2.24, 2.45) is 5.10 Å². The monoisotopic (exact) mass is 406 g/mol. The van der Waals surface area contributed by atoms with Crippen molar-refractivity contribution in [3.05, 3.63) is 108 Å². The Bertz CT molecular complexity index is 1300. The highest BCUT2D eigenvalue weighted by molar-refractivity contribution is 6.04. The van der Waals surface area contributed by atoms with Crippen LogP contribution in [-0.2, 0) is 0 Å². The molecule has 0 aromatic heterocycles. The second-order valence-electron chi connectivity index (χ2n) is 7.99. The number of benzene rings is 4. The van der Waals surface area contributed by atoms with E-state index < -0.39 is 0 Å². The molecule has 0 saturated heterocycles. The fourth-order valence-electron chi connectivity index (χ4n) is 4.57. The molecule has 0 radical (unpaired) electrons. The molecule has 0 fully saturated rings. The smallest absolute Gasteiger partial charge is 0.213 e. The van der Waals surface area contributed by atoms with Gasteiger partial charge in [0.1, 0.15) is 11.5 Å². The van der Waals surface area contributed by atoms with Crippen LogP contribution in [0.3, 0.4) is 0 Å². The molecule has 0 amide bonds. The van der Waals surface area contributed by atoms with E-state index in [0.29, 0.717) is 0 Å². The number of nitrogens with zero attached hydrogens (tertiary/aromatic N) is 2. The van der Waals surface area contributed by atoms with Gasteiger partial charge in [-0.3, -0.25) is 0 Å². The molecule has 152 valence electrons. The molecular weight excluding hydrogens is 384 g/mol. The normalized spacial score (nSPS) is 19.4. The molecule has 0 spiro atoms. The van der Waals surface area contributed by atoms with E-state index in [0.717, 1.165) is 29.2 Å². The maximum Gasteiger partial charge on any atom is 0.213 e. The van der Waals surface area contributed by atoms with E-state index in [1.807, 2.05) is 18.2 Å². The first kappa shape index (κ1) is 18.0. The summed E-state index contributed by atoms with van der Waals surface area (Å²) in [6, 6.07) is 31.5. The summed E-state index contributed by atoms with van der Waals surface area (Å²) in [5.41, 5.74) is 4.50. The van der Waals surface area contributed by atoms with Gasteiger partial charge in [0.25, 0.3) is 0 Å². The summed E-state index contributed by atoms with van der Waals surface area (Å²) in [5.74, 6) is 1.76. The largest absolute Gasteiger partial charge is 0.497 e. The van der Waals surface area contributed by atoms with Crippen molar-refractivity contribution in [1.82, 2.24) is 5.01 Å². The van der Waals surface area contributed by atoms with Gasteiger partial charge in [-0.05, 0) is 52.7 Å². The number of hydrogen-bond acceptors (Lipinski definition) is 4. The van der Waals surface area contributed by atoms with Crippen LogP contribution in [0.1, 0.15) is 35.4 Å². The van der Waals surface area contributed by atoms with E-state index in [9.17, 15) is 0 Å². The van der Waals surface area contributed by atoms with Gasteiger partial charge in [-0.25, -0.2) is 5.01 Å². The number of hydrazone groups is 1. The van der Waals surface area contributed by atoms with Crippen molar-refractivity contribution >= 4 is 16.5 Å². The first-order chi connectivity index (χ1) is 15.3. The molecule has 4 aromatic rings. The van der Waals surface area contributed by atoms with Crippen LogP contribution < -0.4 is 9.47 Å². The molecule has 6 rings (SSSR count). The fraction of sp³-hybridized carbons (Fsp3) is 0.148. The van der Waals surface area contributed by atoms with E-state index in [1.165, 1.54) is 21.9 Å². The summed E-state index contributed by atoms with van der Waals surface area (Å²) in [5, 5.41) is 9.68. The molecule has 0 aliphatic carbocycles. The molecule has 4 aromatic carbocycles. The van der Waals surface area contributed by atoms with Gasteiger partial charge in [-0.1, -0.05) is 54.6 Å². The molecule has 2 heterocycles. The minimum Gasteiger partial charge on any atom is -0.497 e. The van der Waals surface area contributed by atoms with Gasteiger partial charge < -0.3 is 9.47 Å². The molecule has 0 N–H and O–H groups in total. The van der Waals surface area contributed by atoms with Crippen LogP contribution in [-0.4, -0.2) is 17.8 Å². The number of rotatable bonds is 3. The summed E-state index contributed by atoms with van der Waals surface area (Å²) in [4.78, 5) is 0. The molecule has 2 aliphatic rings. The summed E-state index contributed by atoms with van der Waals surface area (Å²) in [6.45, 7) is 0. The highest BCUT2D eigenvalue weighted by atomic mass is 16.5. The second-order valence-corrected chi connectivity index (χ2v) is 7.99. The predicted octanol–water partition coefficient (Wildman–Crippen LogP) is 6.09. The lowest BCUT2D eigenvalue weighted by atomic mass is 9.95. The average molecular weight is 406 g/mol. The van der Waals surface area contributed by atoms with E-state index >= 15 is 0 Å². The Morgan fingerprint density at radius 2 is 1.65 bits per heavy atom. The Morgan fingerprint density at radius 1 is 0.871 bits per heavy atom. The van der Waals surface area contributed by atoms with Crippen molar-refractivity contribution in [3.8, 4) is 11.5 Å². The van der Waals surface area contributed by atoms with Crippen molar-refractivity contribution < 1.29 is 9.47 Å². The Morgan fingerprint density at radius 3 is 2.48 bits per heavy atom. The van der Waals surface area contributed by atoms with Gasteiger partial charge in [0, 0.05) is 17.5 Å². The fourth-order valence-corrected chi connectivity index (χ4v) is 4.57. The van der Waals surface area contributed by atoms with E-state index in [4.69, 9.17) is 14.6 Å². The zero-order valence-electron chi connectivity index (χ0n) is 17.2. The minimum atomic E-state index is -0.274. The molecule has 31 heavy (non-hydrogen) atoms. The van der Waals surface area contributed by atoms with Crippen molar-refractivity contribution in [3.63, 3.8) is 0 Å². The predicted molar refractivity (Wildman–Crippen MR) is 122 cm³/mol. The molecular formula is C27H22N2O2. The Kier molecular flexibility index (Phi) is 4.17. The van der Waals surface area contributed by atoms with Gasteiger partial charge in [-0.2, -0.15) is 5.10 Å². The minimum absolute atomic E-state index is 0.151. The first-order valence-electron chi connectivity index (χ1n) is 10.5. The Labute approximate surface area is 181 Å². The third-order valence-electron chi connectivity index (χ3n) is 6.18. The van der Waals surface area contributed by atoms with Gasteiger partial charge in [-0.15, -0.1) is 0 Å². The lowest BCUT2D eigenvalue weighted by Crippen LogP contribution is -2.33. The number of para-hydroxylation sites is 1. The maximum atomic E-state index is 6.44. The molecule has 0 unspecified atom stereocenters. The van der Waals surface area contributed by atoms with Gasteiger partial charge >= 0.3 is 0 Å². The summed E-state index contributed by atoms with van der Waals surface area (Å²) in [7, 11) is 1.68. The summed E-state index contributed by atoms with van der Waals surface area (Å²) >= 11 is 0. The van der Waals surface area contributed by atoms with E-state index in [-0.39, 0.29) is 12.3 Å². The van der Waals surface area contributed by atoms with Crippen LogP contribution in [0.5, 0.6) is 11.5 Å². The highest BCUT2D eigenvalue weighted by Crippen LogP contribution is 2.47. The topological polar surface area (TPSA) is 34.1 Å². The lowest BCUT2D eigenvalue weighted by molar-refractivity contribution is -0.0190. The Balaban J connectivity index is 1.43. The zero-order valence-corrected chi connectivity index (χ0v) is 17.2. The molecule has 0 bridgehead atoms. The zero-order chi connectivity index (χ0) is 20.8. The van der Waals surface area contributed by atoms with Gasteiger partial charge in [0.15, 0.2) is 0 Å². The summed E-state index contributed by atoms with van der Waals surface area (Å²) in [6.07, 6.45) is 0.578. The third kappa shape index (κ3) is 3.03. The molecule has 4 nitrogen and oxygen atoms in total. The van der Waals surface area contributed by atoms with Crippen LogP contribution in [0.2, 0.25) is 0 Å². The van der Waals surface area contributed by atoms with E-state index in [1.54, 1.807) is 7.11 Å². The van der Waals surface area contributed by atoms with Crippen LogP contribution in [0.15, 0.2) is 96.1 Å². The molecule has 0 saturated carbocycles. The lowest BCUT2D eigenvalue weighted by Gasteiger charge is -2.38. The highest BCUT2D eigenvalue weighted by Gasteiger charge is 2.40. The van der Waals surface area contributed by atoms with Crippen LogP contribution >= 0.6 is 0 Å². The van der Waals surface area contributed by atoms with Crippen molar-refractivity contribution in [2.75, 3.05) is 7.11 Å². The van der Waals surface area contributed by atoms with Crippen LogP contribution in [0.25, 0.3) is 10.8 Å². The molecule has 4 heteroatoms. The van der Waals surface area contributed by atoms with Crippen LogP contribution in [0.4, 0.5) is 0 Å². The number of ether oxygens (including phenoxy) is 2. The van der Waals surface area contributed by atoms with Crippen molar-refractivity contribution in [1.29, 1.82) is 0 Å². The van der Waals surface area contributed by atoms with E-state index in [2.05, 4.69) is 77.8 Å². The molecule has 2 aliphatic heterocycles. The number of hydrogen-bond donors (Lipinski definition) is 0. The summed E-state index contributed by atoms with van der Waals surface area (Å²) < 4.78 is 11.8.